The largest absolute Gasteiger partial charge is 0.480 e. The second kappa shape index (κ2) is 4.64. The van der Waals surface area contributed by atoms with E-state index in [1.54, 1.807) is 24.1 Å². The predicted molar refractivity (Wildman–Crippen MR) is 52.0 cm³/mol. The minimum atomic E-state index is -0.121. The van der Waals surface area contributed by atoms with Crippen LogP contribution in [0.15, 0.2) is 12.4 Å². The van der Waals surface area contributed by atoms with Crippen molar-refractivity contribution in [3.05, 3.63) is 12.4 Å². The van der Waals surface area contributed by atoms with Crippen molar-refractivity contribution in [3.63, 3.8) is 0 Å². The van der Waals surface area contributed by atoms with Crippen molar-refractivity contribution in [1.29, 1.82) is 0 Å². The molecule has 5 heteroatoms. The number of aromatic nitrogens is 2. The molecule has 1 aromatic rings. The summed E-state index contributed by atoms with van der Waals surface area (Å²) >= 11 is 0. The molecule has 0 spiro atoms. The minimum absolute atomic E-state index is 0.0316. The number of nitrogens with zero attached hydrogens (tertiary/aromatic N) is 2. The van der Waals surface area contributed by atoms with Gasteiger partial charge in [-0.1, -0.05) is 0 Å². The van der Waals surface area contributed by atoms with Gasteiger partial charge in [-0.05, 0) is 13.8 Å². The summed E-state index contributed by atoms with van der Waals surface area (Å²) in [5, 5.41) is 6.64. The van der Waals surface area contributed by atoms with E-state index in [-0.39, 0.29) is 18.6 Å². The predicted octanol–water partition coefficient (Wildman–Crippen LogP) is 0.323. The Balaban J connectivity index is 2.30. The average Bonchev–Trinajstić information content (AvgIpc) is 2.47. The van der Waals surface area contributed by atoms with Crippen LogP contribution in [0.25, 0.3) is 0 Å². The highest BCUT2D eigenvalue weighted by Gasteiger charge is 2.04. The van der Waals surface area contributed by atoms with Crippen molar-refractivity contribution >= 4 is 5.91 Å². The maximum Gasteiger partial charge on any atom is 0.258 e. The fourth-order valence-electron chi connectivity index (χ4n) is 0.986. The number of aryl methyl sites for hydroxylation is 1. The van der Waals surface area contributed by atoms with Gasteiger partial charge in [-0.2, -0.15) is 5.10 Å². The topological polar surface area (TPSA) is 56.1 Å². The van der Waals surface area contributed by atoms with Gasteiger partial charge in [0, 0.05) is 13.1 Å². The molecule has 1 heterocycles. The van der Waals surface area contributed by atoms with Gasteiger partial charge in [-0.3, -0.25) is 9.48 Å². The number of rotatable bonds is 4. The number of carbonyl (C=O) groups excluding carboxylic acids is 1. The van der Waals surface area contributed by atoms with Crippen LogP contribution in [0.2, 0.25) is 0 Å². The zero-order chi connectivity index (χ0) is 10.6. The lowest BCUT2D eigenvalue weighted by Crippen LogP contribution is -2.34. The Kier molecular flexibility index (Phi) is 3.50. The molecule has 0 saturated carbocycles. The third-order valence-corrected chi connectivity index (χ3v) is 1.50. The highest BCUT2D eigenvalue weighted by molar-refractivity contribution is 5.77. The molecule has 0 aliphatic heterocycles. The van der Waals surface area contributed by atoms with Gasteiger partial charge in [-0.25, -0.2) is 0 Å². The lowest BCUT2D eigenvalue weighted by atomic mass is 10.4. The summed E-state index contributed by atoms with van der Waals surface area (Å²) in [6.07, 6.45) is 3.28. The molecule has 1 amide bonds. The molecule has 14 heavy (non-hydrogen) atoms. The summed E-state index contributed by atoms with van der Waals surface area (Å²) in [5.74, 6) is 0.482. The third-order valence-electron chi connectivity index (χ3n) is 1.50. The summed E-state index contributed by atoms with van der Waals surface area (Å²) in [6, 6.07) is 0.139. The zero-order valence-corrected chi connectivity index (χ0v) is 8.65. The molecular weight excluding hydrogens is 182 g/mol. The fraction of sp³-hybridized carbons (Fsp3) is 0.556. The van der Waals surface area contributed by atoms with Gasteiger partial charge in [-0.15, -0.1) is 0 Å². The first kappa shape index (κ1) is 10.6. The van der Waals surface area contributed by atoms with E-state index in [1.807, 2.05) is 13.8 Å². The molecule has 0 atom stereocenters. The SMILES string of the molecule is CC(C)NC(=O)COc1cnn(C)c1. The van der Waals surface area contributed by atoms with Gasteiger partial charge in [0.05, 0.1) is 12.4 Å². The second-order valence-electron chi connectivity index (χ2n) is 3.36. The van der Waals surface area contributed by atoms with E-state index >= 15 is 0 Å². The normalized spacial score (nSPS) is 10.3. The van der Waals surface area contributed by atoms with Crippen molar-refractivity contribution in [2.45, 2.75) is 19.9 Å². The molecule has 0 radical (unpaired) electrons. The minimum Gasteiger partial charge on any atom is -0.480 e. The van der Waals surface area contributed by atoms with E-state index in [4.69, 9.17) is 4.74 Å². The standard InChI is InChI=1S/C9H15N3O2/c1-7(2)11-9(13)6-14-8-4-10-12(3)5-8/h4-5,7H,6H2,1-3H3,(H,11,13). The molecule has 78 valence electrons. The van der Waals surface area contributed by atoms with Gasteiger partial charge in [0.15, 0.2) is 12.4 Å². The monoisotopic (exact) mass is 197 g/mol. The van der Waals surface area contributed by atoms with Crippen LogP contribution in [-0.2, 0) is 11.8 Å². The van der Waals surface area contributed by atoms with E-state index in [2.05, 4.69) is 10.4 Å². The highest BCUT2D eigenvalue weighted by Crippen LogP contribution is 2.05. The lowest BCUT2D eigenvalue weighted by Gasteiger charge is -2.08. The Morgan fingerprint density at radius 1 is 1.71 bits per heavy atom. The van der Waals surface area contributed by atoms with Gasteiger partial charge >= 0.3 is 0 Å². The van der Waals surface area contributed by atoms with E-state index in [1.165, 1.54) is 0 Å². The Morgan fingerprint density at radius 3 is 2.93 bits per heavy atom. The molecular formula is C9H15N3O2. The molecule has 0 aromatic carbocycles. The van der Waals surface area contributed by atoms with E-state index in [0.29, 0.717) is 5.75 Å². The Hall–Kier alpha value is -1.52. The van der Waals surface area contributed by atoms with E-state index < -0.39 is 0 Å². The van der Waals surface area contributed by atoms with Crippen LogP contribution < -0.4 is 10.1 Å². The molecule has 1 aromatic heterocycles. The van der Waals surface area contributed by atoms with Crippen LogP contribution in [0.5, 0.6) is 5.75 Å². The zero-order valence-electron chi connectivity index (χ0n) is 8.65. The molecule has 0 saturated heterocycles. The number of ether oxygens (including phenoxy) is 1. The lowest BCUT2D eigenvalue weighted by molar-refractivity contribution is -0.123. The average molecular weight is 197 g/mol. The number of nitrogens with one attached hydrogen (secondary N) is 1. The summed E-state index contributed by atoms with van der Waals surface area (Å²) in [6.45, 7) is 3.84. The Bertz CT molecular complexity index is 307. The third kappa shape index (κ3) is 3.47. The van der Waals surface area contributed by atoms with Crippen molar-refractivity contribution in [2.75, 3.05) is 6.61 Å². The second-order valence-corrected chi connectivity index (χ2v) is 3.36. The van der Waals surface area contributed by atoms with Crippen LogP contribution in [0.1, 0.15) is 13.8 Å². The smallest absolute Gasteiger partial charge is 0.258 e. The molecule has 0 unspecified atom stereocenters. The van der Waals surface area contributed by atoms with Gasteiger partial charge in [0.1, 0.15) is 0 Å². The van der Waals surface area contributed by atoms with Crippen LogP contribution in [0.4, 0.5) is 0 Å². The first-order valence-electron chi connectivity index (χ1n) is 4.48. The Labute approximate surface area is 83.1 Å². The Morgan fingerprint density at radius 2 is 2.43 bits per heavy atom. The molecule has 1 N–H and O–H groups in total. The molecule has 0 fully saturated rings. The quantitative estimate of drug-likeness (QED) is 0.756. The molecule has 0 aliphatic rings. The number of hydrogen-bond donors (Lipinski definition) is 1. The summed E-state index contributed by atoms with van der Waals surface area (Å²) < 4.78 is 6.81. The van der Waals surface area contributed by atoms with Gasteiger partial charge in [0.25, 0.3) is 5.91 Å². The fourth-order valence-corrected chi connectivity index (χ4v) is 0.986. The first-order valence-corrected chi connectivity index (χ1v) is 4.48. The maximum atomic E-state index is 11.2. The maximum absolute atomic E-state index is 11.2. The molecule has 0 bridgehead atoms. The number of amides is 1. The van der Waals surface area contributed by atoms with Crippen molar-refractivity contribution in [1.82, 2.24) is 15.1 Å². The van der Waals surface area contributed by atoms with Crippen LogP contribution in [0.3, 0.4) is 0 Å². The van der Waals surface area contributed by atoms with Crippen LogP contribution >= 0.6 is 0 Å². The highest BCUT2D eigenvalue weighted by atomic mass is 16.5. The van der Waals surface area contributed by atoms with Crippen molar-refractivity contribution in [2.24, 2.45) is 7.05 Å². The summed E-state index contributed by atoms with van der Waals surface area (Å²) in [7, 11) is 1.79. The number of carbonyl (C=O) groups is 1. The molecule has 0 aliphatic carbocycles. The number of hydrogen-bond acceptors (Lipinski definition) is 3. The molecule has 5 nitrogen and oxygen atoms in total. The summed E-state index contributed by atoms with van der Waals surface area (Å²) in [4.78, 5) is 11.2. The first-order chi connectivity index (χ1) is 6.58. The van der Waals surface area contributed by atoms with Crippen LogP contribution in [-0.4, -0.2) is 28.3 Å². The van der Waals surface area contributed by atoms with Crippen LogP contribution in [0, 0.1) is 0 Å². The van der Waals surface area contributed by atoms with Gasteiger partial charge in [0.2, 0.25) is 0 Å². The van der Waals surface area contributed by atoms with Crippen molar-refractivity contribution < 1.29 is 9.53 Å². The molecule has 1 rings (SSSR count). The van der Waals surface area contributed by atoms with Gasteiger partial charge < -0.3 is 10.1 Å². The van der Waals surface area contributed by atoms with Crippen molar-refractivity contribution in [3.8, 4) is 5.75 Å². The van der Waals surface area contributed by atoms with E-state index in [9.17, 15) is 4.79 Å². The summed E-state index contributed by atoms with van der Waals surface area (Å²) in [5.41, 5.74) is 0. The van der Waals surface area contributed by atoms with E-state index in [0.717, 1.165) is 0 Å².